The average molecular weight is 382 g/mol. The van der Waals surface area contributed by atoms with Gasteiger partial charge < -0.3 is 10.2 Å². The fourth-order valence-electron chi connectivity index (χ4n) is 1.38. The molecule has 0 heterocycles. The third-order valence-electron chi connectivity index (χ3n) is 2.41. The summed E-state index contributed by atoms with van der Waals surface area (Å²) in [6.45, 7) is 0. The van der Waals surface area contributed by atoms with Crippen molar-refractivity contribution in [1.82, 2.24) is 4.72 Å². The van der Waals surface area contributed by atoms with Crippen LogP contribution in [0.4, 0.5) is 13.2 Å². The number of aliphatic hydroxyl groups excluding tert-OH is 1. The van der Waals surface area contributed by atoms with Gasteiger partial charge in [0, 0.05) is 0 Å². The summed E-state index contributed by atoms with van der Waals surface area (Å²) in [5.74, 6) is -2.25. The molecule has 0 aliphatic heterocycles. The van der Waals surface area contributed by atoms with Crippen LogP contribution in [-0.2, 0) is 14.8 Å². The fraction of sp³-hybridized carbons (Fsp3) is 0.300. The molecule has 0 bridgehead atoms. The van der Waals surface area contributed by atoms with Crippen molar-refractivity contribution in [2.75, 3.05) is 0 Å². The van der Waals surface area contributed by atoms with Crippen LogP contribution in [0.5, 0.6) is 0 Å². The molecule has 124 valence electrons. The Balaban J connectivity index is 3.27. The molecule has 0 saturated heterocycles. The molecular formula is C10H8Cl2F3NO5S. The first-order valence-electron chi connectivity index (χ1n) is 5.32. The van der Waals surface area contributed by atoms with Crippen molar-refractivity contribution < 1.29 is 36.6 Å². The summed E-state index contributed by atoms with van der Waals surface area (Å²) < 4.78 is 63.2. The zero-order valence-electron chi connectivity index (χ0n) is 10.3. The van der Waals surface area contributed by atoms with E-state index in [2.05, 4.69) is 0 Å². The number of hydrogen-bond donors (Lipinski definition) is 3. The van der Waals surface area contributed by atoms with E-state index in [0.29, 0.717) is 0 Å². The van der Waals surface area contributed by atoms with Crippen molar-refractivity contribution >= 4 is 39.2 Å². The Morgan fingerprint density at radius 1 is 1.27 bits per heavy atom. The van der Waals surface area contributed by atoms with Gasteiger partial charge in [-0.15, -0.1) is 0 Å². The third-order valence-corrected chi connectivity index (χ3v) is 4.82. The van der Waals surface area contributed by atoms with Crippen molar-refractivity contribution in [3.63, 3.8) is 0 Å². The monoisotopic (exact) mass is 381 g/mol. The largest absolute Gasteiger partial charge is 0.479 e. The van der Waals surface area contributed by atoms with Gasteiger partial charge in [0.1, 0.15) is 4.90 Å². The molecule has 6 nitrogen and oxygen atoms in total. The summed E-state index contributed by atoms with van der Waals surface area (Å²) >= 11 is 11.2. The van der Waals surface area contributed by atoms with E-state index in [1.807, 2.05) is 0 Å². The first-order valence-corrected chi connectivity index (χ1v) is 7.55. The first kappa shape index (κ1) is 19.0. The van der Waals surface area contributed by atoms with Crippen LogP contribution in [0, 0.1) is 0 Å². The molecule has 0 aliphatic carbocycles. The molecule has 22 heavy (non-hydrogen) atoms. The van der Waals surface area contributed by atoms with E-state index in [0.717, 1.165) is 16.9 Å². The van der Waals surface area contributed by atoms with E-state index in [9.17, 15) is 26.4 Å². The molecule has 0 aromatic heterocycles. The van der Waals surface area contributed by atoms with Gasteiger partial charge >= 0.3 is 12.1 Å². The lowest BCUT2D eigenvalue weighted by Crippen LogP contribution is -2.55. The average Bonchev–Trinajstić information content (AvgIpc) is 2.36. The number of sulfonamides is 1. The minimum absolute atomic E-state index is 0.230. The molecule has 0 spiro atoms. The van der Waals surface area contributed by atoms with Gasteiger partial charge in [-0.1, -0.05) is 29.3 Å². The van der Waals surface area contributed by atoms with Gasteiger partial charge in [0.25, 0.3) is 0 Å². The van der Waals surface area contributed by atoms with Crippen LogP contribution in [0.15, 0.2) is 23.1 Å². The Labute approximate surface area is 132 Å². The molecule has 0 aliphatic rings. The van der Waals surface area contributed by atoms with E-state index >= 15 is 0 Å². The molecule has 1 aromatic rings. The van der Waals surface area contributed by atoms with Crippen LogP contribution in [-0.4, -0.2) is 42.9 Å². The highest BCUT2D eigenvalue weighted by atomic mass is 35.5. The number of carboxylic acid groups (broad SMARTS) is 1. The molecule has 0 fully saturated rings. The Morgan fingerprint density at radius 3 is 2.27 bits per heavy atom. The van der Waals surface area contributed by atoms with Crippen LogP contribution in [0.1, 0.15) is 0 Å². The standard InChI is InChI=1S/C10H8Cl2F3NO5S/c11-4-2-1-3-5(6(4)12)22(20,21)16-8(10(13,14)15)7(17)9(18)19/h1-3,7-8,16-17H,(H,18,19)/t7-,8+/m1/s1. The lowest BCUT2D eigenvalue weighted by atomic mass is 10.2. The lowest BCUT2D eigenvalue weighted by Gasteiger charge is -2.24. The molecule has 12 heteroatoms. The predicted molar refractivity (Wildman–Crippen MR) is 70.3 cm³/mol. The second-order valence-electron chi connectivity index (χ2n) is 3.98. The maximum absolute atomic E-state index is 12.7. The van der Waals surface area contributed by atoms with Crippen LogP contribution in [0.25, 0.3) is 0 Å². The highest BCUT2D eigenvalue weighted by Gasteiger charge is 2.49. The van der Waals surface area contributed by atoms with E-state index < -0.39 is 44.2 Å². The number of halogens is 5. The Bertz CT molecular complexity index is 680. The topological polar surface area (TPSA) is 104 Å². The molecule has 1 aromatic carbocycles. The molecule has 0 saturated carbocycles. The zero-order chi connectivity index (χ0) is 17.3. The fourth-order valence-corrected chi connectivity index (χ4v) is 3.36. The minimum Gasteiger partial charge on any atom is -0.479 e. The third kappa shape index (κ3) is 4.23. The van der Waals surface area contributed by atoms with Crippen LogP contribution < -0.4 is 4.72 Å². The Morgan fingerprint density at radius 2 is 1.82 bits per heavy atom. The van der Waals surface area contributed by atoms with Gasteiger partial charge in [-0.25, -0.2) is 13.2 Å². The van der Waals surface area contributed by atoms with Crippen molar-refractivity contribution in [3.05, 3.63) is 28.2 Å². The summed E-state index contributed by atoms with van der Waals surface area (Å²) in [5.41, 5.74) is 0. The minimum atomic E-state index is -5.35. The van der Waals surface area contributed by atoms with E-state index in [1.54, 1.807) is 0 Å². The molecule has 3 N–H and O–H groups in total. The quantitative estimate of drug-likeness (QED) is 0.719. The van der Waals surface area contributed by atoms with Crippen molar-refractivity contribution in [2.45, 2.75) is 23.2 Å². The van der Waals surface area contributed by atoms with E-state index in [4.69, 9.17) is 33.4 Å². The maximum atomic E-state index is 12.7. The SMILES string of the molecule is O=C(O)[C@H](O)[C@H](NS(=O)(=O)c1cccc(Cl)c1Cl)C(F)(F)F. The van der Waals surface area contributed by atoms with E-state index in [1.165, 1.54) is 6.07 Å². The molecule has 0 radical (unpaired) electrons. The second kappa shape index (κ2) is 6.59. The molecule has 2 atom stereocenters. The van der Waals surface area contributed by atoms with Gasteiger partial charge in [-0.3, -0.25) is 0 Å². The van der Waals surface area contributed by atoms with Crippen LogP contribution in [0.2, 0.25) is 10.0 Å². The van der Waals surface area contributed by atoms with Crippen LogP contribution >= 0.6 is 23.2 Å². The smallest absolute Gasteiger partial charge is 0.408 e. The highest BCUT2D eigenvalue weighted by Crippen LogP contribution is 2.30. The summed E-state index contributed by atoms with van der Waals surface area (Å²) in [6.07, 6.45) is -8.39. The lowest BCUT2D eigenvalue weighted by molar-refractivity contribution is -0.185. The number of rotatable bonds is 5. The van der Waals surface area contributed by atoms with Crippen molar-refractivity contribution in [3.8, 4) is 0 Å². The Kier molecular flexibility index (Phi) is 5.68. The number of aliphatic carboxylic acids is 1. The van der Waals surface area contributed by atoms with Gasteiger partial charge in [0.05, 0.1) is 10.0 Å². The molecule has 0 amide bonds. The molecule has 1 rings (SSSR count). The second-order valence-corrected chi connectivity index (χ2v) is 6.44. The van der Waals surface area contributed by atoms with E-state index in [-0.39, 0.29) is 5.02 Å². The molecule has 0 unspecified atom stereocenters. The number of hydrogen-bond acceptors (Lipinski definition) is 4. The number of carboxylic acids is 1. The maximum Gasteiger partial charge on any atom is 0.408 e. The first-order chi connectivity index (χ1) is 9.88. The van der Waals surface area contributed by atoms with Gasteiger partial charge in [0.15, 0.2) is 12.1 Å². The van der Waals surface area contributed by atoms with Gasteiger partial charge in [-0.2, -0.15) is 17.9 Å². The Hall–Kier alpha value is -1.07. The van der Waals surface area contributed by atoms with Crippen molar-refractivity contribution in [1.29, 1.82) is 0 Å². The number of benzene rings is 1. The van der Waals surface area contributed by atoms with Crippen molar-refractivity contribution in [2.24, 2.45) is 0 Å². The van der Waals surface area contributed by atoms with Gasteiger partial charge in [0.2, 0.25) is 10.0 Å². The van der Waals surface area contributed by atoms with Gasteiger partial charge in [-0.05, 0) is 12.1 Å². The summed E-state index contributed by atoms with van der Waals surface area (Å²) in [6, 6.07) is -0.0584. The van der Waals surface area contributed by atoms with Crippen LogP contribution in [0.3, 0.4) is 0 Å². The summed E-state index contributed by atoms with van der Waals surface area (Å²) in [7, 11) is -4.88. The summed E-state index contributed by atoms with van der Waals surface area (Å²) in [5, 5.41) is 16.7. The predicted octanol–water partition coefficient (Wildman–Crippen LogP) is 1.65. The molecular weight excluding hydrogens is 374 g/mol. The normalized spacial score (nSPS) is 15.4. The number of alkyl halides is 3. The number of nitrogens with one attached hydrogen (secondary N) is 1. The summed E-state index contributed by atoms with van der Waals surface area (Å²) in [4.78, 5) is 9.72. The number of aliphatic hydroxyl groups is 1. The number of carbonyl (C=O) groups is 1. The zero-order valence-corrected chi connectivity index (χ0v) is 12.6. The highest BCUT2D eigenvalue weighted by molar-refractivity contribution is 7.89.